The monoisotopic (exact) mass is 165 g/mol. The molecule has 0 radical (unpaired) electrons. The predicted octanol–water partition coefficient (Wildman–Crippen LogP) is 0.635. The van der Waals surface area contributed by atoms with Crippen molar-refractivity contribution in [1.82, 2.24) is 5.32 Å². The van der Waals surface area contributed by atoms with Crippen molar-refractivity contribution in [2.24, 2.45) is 0 Å². The molecule has 0 atom stereocenters. The maximum absolute atomic E-state index is 9.96. The Hall–Kier alpha value is -0.280. The van der Waals surface area contributed by atoms with Gasteiger partial charge in [0.25, 0.3) is 0 Å². The topological polar surface area (TPSA) is 49.3 Å². The molecule has 10 heavy (non-hydrogen) atoms. The normalized spacial score (nSPS) is 16.0. The second-order valence-electron chi connectivity index (χ2n) is 2.37. The minimum absolute atomic E-state index is 0. The summed E-state index contributed by atoms with van der Waals surface area (Å²) in [5, 5.41) is 11.3. The molecule has 1 aliphatic rings. The van der Waals surface area contributed by atoms with Gasteiger partial charge in [-0.05, 0) is 12.8 Å². The number of carbonyl (C=O) groups is 1. The Labute approximate surface area is 66.2 Å². The van der Waals surface area contributed by atoms with E-state index < -0.39 is 5.97 Å². The highest BCUT2D eigenvalue weighted by Gasteiger charge is 2.19. The molecule has 0 aliphatic heterocycles. The number of rotatable bonds is 4. The average Bonchev–Trinajstić information content (AvgIpc) is 2.48. The van der Waals surface area contributed by atoms with E-state index in [9.17, 15) is 4.79 Å². The van der Waals surface area contributed by atoms with Crippen LogP contribution in [0.15, 0.2) is 0 Å². The van der Waals surface area contributed by atoms with Gasteiger partial charge in [0.15, 0.2) is 0 Å². The summed E-state index contributed by atoms with van der Waals surface area (Å²) >= 11 is 0. The summed E-state index contributed by atoms with van der Waals surface area (Å²) in [5.41, 5.74) is 0. The Balaban J connectivity index is 0.000000810. The van der Waals surface area contributed by atoms with Gasteiger partial charge in [0, 0.05) is 12.6 Å². The van der Waals surface area contributed by atoms with Crippen LogP contribution in [0.4, 0.5) is 0 Å². The van der Waals surface area contributed by atoms with Crippen LogP contribution in [0.3, 0.4) is 0 Å². The van der Waals surface area contributed by atoms with Crippen molar-refractivity contribution < 1.29 is 9.90 Å². The molecule has 0 unspecified atom stereocenters. The molecule has 0 aromatic heterocycles. The summed E-state index contributed by atoms with van der Waals surface area (Å²) in [5.74, 6) is -0.719. The van der Waals surface area contributed by atoms with Crippen molar-refractivity contribution in [2.45, 2.75) is 25.3 Å². The summed E-state index contributed by atoms with van der Waals surface area (Å²) in [4.78, 5) is 9.96. The molecule has 0 aromatic carbocycles. The van der Waals surface area contributed by atoms with Crippen molar-refractivity contribution in [3.63, 3.8) is 0 Å². The van der Waals surface area contributed by atoms with E-state index in [1.807, 2.05) is 0 Å². The zero-order valence-corrected chi connectivity index (χ0v) is 6.49. The van der Waals surface area contributed by atoms with Crippen LogP contribution in [0, 0.1) is 0 Å². The first-order valence-electron chi connectivity index (χ1n) is 3.24. The van der Waals surface area contributed by atoms with Gasteiger partial charge in [0.1, 0.15) is 0 Å². The van der Waals surface area contributed by atoms with Crippen molar-refractivity contribution in [3.8, 4) is 0 Å². The number of halogens is 1. The van der Waals surface area contributed by atoms with Gasteiger partial charge in [-0.2, -0.15) is 0 Å². The van der Waals surface area contributed by atoms with E-state index in [1.54, 1.807) is 0 Å². The lowest BCUT2D eigenvalue weighted by atomic mass is 10.4. The van der Waals surface area contributed by atoms with E-state index in [-0.39, 0.29) is 18.8 Å². The summed E-state index contributed by atoms with van der Waals surface area (Å²) in [7, 11) is 0. The smallest absolute Gasteiger partial charge is 0.304 e. The number of aliphatic carboxylic acids is 1. The number of carboxylic acids is 1. The molecule has 0 aromatic rings. The van der Waals surface area contributed by atoms with Gasteiger partial charge in [-0.1, -0.05) is 0 Å². The van der Waals surface area contributed by atoms with Crippen LogP contribution >= 0.6 is 12.4 Å². The van der Waals surface area contributed by atoms with E-state index in [0.717, 1.165) is 0 Å². The standard InChI is InChI=1S/C6H11NO2.ClH/c8-6(9)3-4-7-5-1-2-5;/h5,7H,1-4H2,(H,8,9);1H. The second-order valence-corrected chi connectivity index (χ2v) is 2.37. The van der Waals surface area contributed by atoms with Gasteiger partial charge in [-0.15, -0.1) is 12.4 Å². The molecule has 3 nitrogen and oxygen atoms in total. The van der Waals surface area contributed by atoms with Gasteiger partial charge in [-0.3, -0.25) is 4.79 Å². The molecule has 1 fully saturated rings. The Morgan fingerprint density at radius 1 is 1.60 bits per heavy atom. The van der Waals surface area contributed by atoms with E-state index >= 15 is 0 Å². The minimum atomic E-state index is -0.719. The molecular weight excluding hydrogens is 154 g/mol. The fourth-order valence-electron chi connectivity index (χ4n) is 0.671. The number of nitrogens with one attached hydrogen (secondary N) is 1. The molecule has 0 spiro atoms. The first kappa shape index (κ1) is 9.72. The predicted molar refractivity (Wildman–Crippen MR) is 40.5 cm³/mol. The highest BCUT2D eigenvalue weighted by atomic mass is 35.5. The number of hydrogen-bond donors (Lipinski definition) is 2. The van der Waals surface area contributed by atoms with Crippen LogP contribution in [-0.4, -0.2) is 23.7 Å². The molecule has 0 heterocycles. The molecule has 0 saturated heterocycles. The van der Waals surface area contributed by atoms with Crippen LogP contribution in [0.5, 0.6) is 0 Å². The van der Waals surface area contributed by atoms with E-state index in [1.165, 1.54) is 12.8 Å². The quantitative estimate of drug-likeness (QED) is 0.643. The zero-order chi connectivity index (χ0) is 6.69. The highest BCUT2D eigenvalue weighted by molar-refractivity contribution is 5.85. The van der Waals surface area contributed by atoms with Gasteiger partial charge >= 0.3 is 5.97 Å². The number of hydrogen-bond acceptors (Lipinski definition) is 2. The van der Waals surface area contributed by atoms with Crippen molar-refractivity contribution in [2.75, 3.05) is 6.54 Å². The lowest BCUT2D eigenvalue weighted by Gasteiger charge is -1.96. The summed E-state index contributed by atoms with van der Waals surface area (Å²) < 4.78 is 0. The fraction of sp³-hybridized carbons (Fsp3) is 0.833. The molecule has 1 saturated carbocycles. The first-order chi connectivity index (χ1) is 4.29. The molecule has 0 amide bonds. The Morgan fingerprint density at radius 2 is 2.20 bits per heavy atom. The second kappa shape index (κ2) is 4.52. The number of carboxylic acid groups (broad SMARTS) is 1. The molecule has 1 aliphatic carbocycles. The van der Waals surface area contributed by atoms with E-state index in [4.69, 9.17) is 5.11 Å². The van der Waals surface area contributed by atoms with Gasteiger partial charge in [0.2, 0.25) is 0 Å². The molecule has 60 valence electrons. The van der Waals surface area contributed by atoms with Crippen LogP contribution in [0.25, 0.3) is 0 Å². The average molecular weight is 166 g/mol. The molecule has 1 rings (SSSR count). The maximum Gasteiger partial charge on any atom is 0.304 e. The third-order valence-corrected chi connectivity index (χ3v) is 1.35. The lowest BCUT2D eigenvalue weighted by Crippen LogP contribution is -2.19. The van der Waals surface area contributed by atoms with Crippen LogP contribution in [0.2, 0.25) is 0 Å². The fourth-order valence-corrected chi connectivity index (χ4v) is 0.671. The maximum atomic E-state index is 9.96. The minimum Gasteiger partial charge on any atom is -0.481 e. The highest BCUT2D eigenvalue weighted by Crippen LogP contribution is 2.18. The van der Waals surface area contributed by atoms with Gasteiger partial charge in [-0.25, -0.2) is 0 Å². The molecular formula is C6H12ClNO2. The Morgan fingerprint density at radius 3 is 2.60 bits per heavy atom. The molecule has 4 heteroatoms. The summed E-state index contributed by atoms with van der Waals surface area (Å²) in [6.07, 6.45) is 2.69. The zero-order valence-electron chi connectivity index (χ0n) is 5.67. The third-order valence-electron chi connectivity index (χ3n) is 1.35. The van der Waals surface area contributed by atoms with Crippen LogP contribution in [-0.2, 0) is 4.79 Å². The lowest BCUT2D eigenvalue weighted by molar-refractivity contribution is -0.136. The van der Waals surface area contributed by atoms with E-state index in [2.05, 4.69) is 5.32 Å². The van der Waals surface area contributed by atoms with Crippen LogP contribution in [0.1, 0.15) is 19.3 Å². The van der Waals surface area contributed by atoms with Gasteiger partial charge < -0.3 is 10.4 Å². The van der Waals surface area contributed by atoms with Crippen molar-refractivity contribution in [1.29, 1.82) is 0 Å². The molecule has 2 N–H and O–H groups in total. The van der Waals surface area contributed by atoms with E-state index in [0.29, 0.717) is 12.6 Å². The SMILES string of the molecule is Cl.O=C(O)CCNC1CC1. The first-order valence-corrected chi connectivity index (χ1v) is 3.24. The summed E-state index contributed by atoms with van der Waals surface area (Å²) in [6, 6.07) is 0.629. The Kier molecular flexibility index (Phi) is 4.40. The van der Waals surface area contributed by atoms with Crippen molar-refractivity contribution in [3.05, 3.63) is 0 Å². The van der Waals surface area contributed by atoms with Gasteiger partial charge in [0.05, 0.1) is 6.42 Å². The van der Waals surface area contributed by atoms with Crippen LogP contribution < -0.4 is 5.32 Å². The third kappa shape index (κ3) is 4.58. The summed E-state index contributed by atoms with van der Waals surface area (Å²) in [6.45, 7) is 0.625. The molecule has 0 bridgehead atoms. The van der Waals surface area contributed by atoms with Crippen molar-refractivity contribution >= 4 is 18.4 Å². The largest absolute Gasteiger partial charge is 0.481 e. The Bertz CT molecular complexity index is 114.